The van der Waals surface area contributed by atoms with Crippen molar-refractivity contribution in [2.75, 3.05) is 6.54 Å². The Bertz CT molecular complexity index is 586. The number of rotatable bonds is 3. The summed E-state index contributed by atoms with van der Waals surface area (Å²) in [5.74, 6) is 0.190. The summed E-state index contributed by atoms with van der Waals surface area (Å²) >= 11 is 0. The minimum atomic E-state index is 0.190. The predicted molar refractivity (Wildman–Crippen MR) is 79.6 cm³/mol. The van der Waals surface area contributed by atoms with Gasteiger partial charge in [0.1, 0.15) is 0 Å². The molecule has 1 atom stereocenters. The Kier molecular flexibility index (Phi) is 3.42. The SMILES string of the molecule is C=C1C=CC(CC(=O)N2CCC2c2ccccc2)=CN1. The summed E-state index contributed by atoms with van der Waals surface area (Å²) in [4.78, 5) is 14.3. The van der Waals surface area contributed by atoms with Crippen LogP contribution in [0.15, 0.2) is 66.5 Å². The summed E-state index contributed by atoms with van der Waals surface area (Å²) in [6.07, 6.45) is 7.21. The molecule has 1 fully saturated rings. The third kappa shape index (κ3) is 2.52. The molecule has 3 rings (SSSR count). The second-order valence-electron chi connectivity index (χ2n) is 5.20. The summed E-state index contributed by atoms with van der Waals surface area (Å²) in [7, 11) is 0. The topological polar surface area (TPSA) is 32.3 Å². The van der Waals surface area contributed by atoms with Crippen molar-refractivity contribution in [3.8, 4) is 0 Å². The largest absolute Gasteiger partial charge is 0.362 e. The van der Waals surface area contributed by atoms with E-state index in [0.717, 1.165) is 24.2 Å². The normalized spacial score (nSPS) is 21.0. The summed E-state index contributed by atoms with van der Waals surface area (Å²) in [5, 5.41) is 3.04. The Morgan fingerprint density at radius 1 is 1.30 bits per heavy atom. The van der Waals surface area contributed by atoms with Crippen LogP contribution in [0.25, 0.3) is 0 Å². The molecule has 1 aromatic carbocycles. The van der Waals surface area contributed by atoms with Crippen molar-refractivity contribution in [2.45, 2.75) is 18.9 Å². The number of hydrogen-bond acceptors (Lipinski definition) is 2. The van der Waals surface area contributed by atoms with E-state index in [2.05, 4.69) is 24.0 Å². The van der Waals surface area contributed by atoms with Crippen molar-refractivity contribution in [3.63, 3.8) is 0 Å². The van der Waals surface area contributed by atoms with Crippen molar-refractivity contribution in [2.24, 2.45) is 0 Å². The van der Waals surface area contributed by atoms with Crippen LogP contribution in [0.4, 0.5) is 0 Å². The number of amides is 1. The number of carbonyl (C=O) groups excluding carboxylic acids is 1. The highest BCUT2D eigenvalue weighted by atomic mass is 16.2. The van der Waals surface area contributed by atoms with E-state index in [0.29, 0.717) is 6.42 Å². The fourth-order valence-electron chi connectivity index (χ4n) is 2.58. The molecule has 1 unspecified atom stereocenters. The molecule has 1 N–H and O–H groups in total. The maximum atomic E-state index is 12.4. The van der Waals surface area contributed by atoms with E-state index in [-0.39, 0.29) is 11.9 Å². The monoisotopic (exact) mass is 266 g/mol. The molecular weight excluding hydrogens is 248 g/mol. The van der Waals surface area contributed by atoms with Gasteiger partial charge in [0.2, 0.25) is 5.91 Å². The predicted octanol–water partition coefficient (Wildman–Crippen LogP) is 2.91. The standard InChI is InChI=1S/C17H18N2O/c1-13-7-8-14(12-18-13)11-17(20)19-10-9-16(19)15-5-3-2-4-6-15/h2-8,12,16,18H,1,9-11H2. The van der Waals surface area contributed by atoms with Crippen molar-refractivity contribution in [1.29, 1.82) is 0 Å². The Hall–Kier alpha value is -2.29. The first-order valence-electron chi connectivity index (χ1n) is 6.91. The average Bonchev–Trinajstić information content (AvgIpc) is 2.41. The molecule has 0 aliphatic carbocycles. The molecule has 1 aromatic rings. The molecule has 0 saturated carbocycles. The minimum Gasteiger partial charge on any atom is -0.362 e. The summed E-state index contributed by atoms with van der Waals surface area (Å²) in [6, 6.07) is 10.5. The Morgan fingerprint density at radius 2 is 2.10 bits per heavy atom. The van der Waals surface area contributed by atoms with E-state index in [4.69, 9.17) is 0 Å². The van der Waals surface area contributed by atoms with Crippen LogP contribution >= 0.6 is 0 Å². The lowest BCUT2D eigenvalue weighted by atomic mass is 9.93. The summed E-state index contributed by atoms with van der Waals surface area (Å²) in [6.45, 7) is 4.66. The number of hydrogen-bond donors (Lipinski definition) is 1. The molecule has 102 valence electrons. The lowest BCUT2D eigenvalue weighted by Gasteiger charge is -2.41. The molecule has 1 amide bonds. The van der Waals surface area contributed by atoms with Gasteiger partial charge in [0, 0.05) is 18.4 Å². The van der Waals surface area contributed by atoms with Gasteiger partial charge in [0.15, 0.2) is 0 Å². The quantitative estimate of drug-likeness (QED) is 0.912. The molecule has 3 nitrogen and oxygen atoms in total. The first-order chi connectivity index (χ1) is 9.74. The molecule has 0 bridgehead atoms. The van der Waals surface area contributed by atoms with Crippen LogP contribution in [0, 0.1) is 0 Å². The van der Waals surface area contributed by atoms with Gasteiger partial charge in [-0.25, -0.2) is 0 Å². The van der Waals surface area contributed by atoms with Gasteiger partial charge >= 0.3 is 0 Å². The number of dihydropyridines is 1. The highest BCUT2D eigenvalue weighted by Crippen LogP contribution is 2.34. The molecule has 0 aromatic heterocycles. The first kappa shape index (κ1) is 12.7. The number of allylic oxidation sites excluding steroid dienone is 2. The van der Waals surface area contributed by atoms with Crippen LogP contribution < -0.4 is 5.32 Å². The smallest absolute Gasteiger partial charge is 0.227 e. The van der Waals surface area contributed by atoms with E-state index < -0.39 is 0 Å². The molecule has 2 aliphatic rings. The Morgan fingerprint density at radius 3 is 2.70 bits per heavy atom. The molecule has 0 spiro atoms. The van der Waals surface area contributed by atoms with Crippen molar-refractivity contribution >= 4 is 5.91 Å². The fourth-order valence-corrected chi connectivity index (χ4v) is 2.58. The number of likely N-dealkylation sites (tertiary alicyclic amines) is 1. The lowest BCUT2D eigenvalue weighted by Crippen LogP contribution is -2.45. The third-order valence-corrected chi connectivity index (χ3v) is 3.82. The van der Waals surface area contributed by atoms with Crippen LogP contribution in [0.3, 0.4) is 0 Å². The van der Waals surface area contributed by atoms with E-state index >= 15 is 0 Å². The van der Waals surface area contributed by atoms with Crippen LogP contribution in [0.1, 0.15) is 24.4 Å². The van der Waals surface area contributed by atoms with Gasteiger partial charge in [0.05, 0.1) is 12.5 Å². The maximum Gasteiger partial charge on any atom is 0.227 e. The second kappa shape index (κ2) is 5.37. The highest BCUT2D eigenvalue weighted by Gasteiger charge is 2.32. The Balaban J connectivity index is 1.64. The highest BCUT2D eigenvalue weighted by molar-refractivity contribution is 5.80. The van der Waals surface area contributed by atoms with Crippen molar-refractivity contribution in [3.05, 3.63) is 72.1 Å². The van der Waals surface area contributed by atoms with Crippen LogP contribution in [-0.2, 0) is 4.79 Å². The van der Waals surface area contributed by atoms with Gasteiger partial charge < -0.3 is 10.2 Å². The van der Waals surface area contributed by atoms with Gasteiger partial charge in [-0.1, -0.05) is 43.0 Å². The minimum absolute atomic E-state index is 0.190. The molecular formula is C17H18N2O. The van der Waals surface area contributed by atoms with E-state index in [1.165, 1.54) is 5.56 Å². The van der Waals surface area contributed by atoms with E-state index in [9.17, 15) is 4.79 Å². The molecule has 2 aliphatic heterocycles. The third-order valence-electron chi connectivity index (χ3n) is 3.82. The molecule has 2 heterocycles. The first-order valence-corrected chi connectivity index (χ1v) is 6.91. The fraction of sp³-hybridized carbons (Fsp3) is 0.235. The Labute approximate surface area is 119 Å². The number of benzene rings is 1. The molecule has 3 heteroatoms. The van der Waals surface area contributed by atoms with Crippen LogP contribution in [-0.4, -0.2) is 17.4 Å². The van der Waals surface area contributed by atoms with E-state index in [1.807, 2.05) is 41.5 Å². The number of carbonyl (C=O) groups is 1. The zero-order chi connectivity index (χ0) is 13.9. The number of nitrogens with zero attached hydrogens (tertiary/aromatic N) is 1. The molecule has 0 radical (unpaired) electrons. The maximum absolute atomic E-state index is 12.4. The number of nitrogens with one attached hydrogen (secondary N) is 1. The lowest BCUT2D eigenvalue weighted by molar-refractivity contribution is -0.138. The average molecular weight is 266 g/mol. The summed E-state index contributed by atoms with van der Waals surface area (Å²) in [5.41, 5.74) is 3.08. The van der Waals surface area contributed by atoms with Gasteiger partial charge in [-0.15, -0.1) is 0 Å². The molecule has 20 heavy (non-hydrogen) atoms. The molecule has 1 saturated heterocycles. The van der Waals surface area contributed by atoms with Gasteiger partial charge in [0.25, 0.3) is 0 Å². The van der Waals surface area contributed by atoms with E-state index in [1.54, 1.807) is 0 Å². The van der Waals surface area contributed by atoms with Crippen molar-refractivity contribution in [1.82, 2.24) is 10.2 Å². The van der Waals surface area contributed by atoms with Crippen LogP contribution in [0.2, 0.25) is 0 Å². The van der Waals surface area contributed by atoms with Gasteiger partial charge in [-0.05, 0) is 23.6 Å². The van der Waals surface area contributed by atoms with Gasteiger partial charge in [-0.3, -0.25) is 4.79 Å². The summed E-state index contributed by atoms with van der Waals surface area (Å²) < 4.78 is 0. The van der Waals surface area contributed by atoms with Crippen molar-refractivity contribution < 1.29 is 4.79 Å². The van der Waals surface area contributed by atoms with Gasteiger partial charge in [-0.2, -0.15) is 0 Å². The van der Waals surface area contributed by atoms with Crippen LogP contribution in [0.5, 0.6) is 0 Å². The zero-order valence-electron chi connectivity index (χ0n) is 11.4. The zero-order valence-corrected chi connectivity index (χ0v) is 11.4. The second-order valence-corrected chi connectivity index (χ2v) is 5.20.